The zero-order valence-electron chi connectivity index (χ0n) is 10.5. The van der Waals surface area contributed by atoms with Crippen molar-refractivity contribution < 1.29 is 5.11 Å². The predicted molar refractivity (Wildman–Crippen MR) is 76.7 cm³/mol. The Kier molecular flexibility index (Phi) is 4.58. The number of nitrogens with two attached hydrogens (primary N) is 1. The molecule has 0 saturated heterocycles. The normalized spacial score (nSPS) is 12.8. The van der Waals surface area contributed by atoms with E-state index in [-0.39, 0.29) is 6.61 Å². The summed E-state index contributed by atoms with van der Waals surface area (Å²) in [7, 11) is 0. The summed E-state index contributed by atoms with van der Waals surface area (Å²) < 4.78 is 0. The first-order chi connectivity index (χ1) is 8.74. The van der Waals surface area contributed by atoms with Crippen molar-refractivity contribution in [1.82, 2.24) is 4.98 Å². The monoisotopic (exact) mass is 262 g/mol. The molecular weight excluding hydrogens is 244 g/mol. The number of rotatable bonds is 5. The van der Waals surface area contributed by atoms with Gasteiger partial charge in [0.25, 0.3) is 0 Å². The minimum atomic E-state index is 0.208. The van der Waals surface area contributed by atoms with Crippen molar-refractivity contribution in [2.45, 2.75) is 30.2 Å². The lowest BCUT2D eigenvalue weighted by atomic mass is 10.1. The van der Waals surface area contributed by atoms with Gasteiger partial charge in [0.1, 0.15) is 5.03 Å². The maximum Gasteiger partial charge on any atom is 0.101 e. The number of aliphatic hydroxyl groups excluding tert-OH is 1. The van der Waals surface area contributed by atoms with Crippen LogP contribution < -0.4 is 5.73 Å². The van der Waals surface area contributed by atoms with E-state index in [1.807, 2.05) is 24.3 Å². The lowest BCUT2D eigenvalue weighted by Crippen LogP contribution is -2.05. The highest BCUT2D eigenvalue weighted by Crippen LogP contribution is 2.29. The third-order valence-electron chi connectivity index (χ3n) is 2.83. The van der Waals surface area contributed by atoms with Crippen LogP contribution in [0.1, 0.15) is 18.9 Å². The molecule has 18 heavy (non-hydrogen) atoms. The Hall–Kier alpha value is -1.10. The fourth-order valence-corrected chi connectivity index (χ4v) is 2.87. The van der Waals surface area contributed by atoms with E-state index in [9.17, 15) is 0 Å². The van der Waals surface area contributed by atoms with E-state index < -0.39 is 0 Å². The van der Waals surface area contributed by atoms with Gasteiger partial charge in [-0.1, -0.05) is 25.1 Å². The van der Waals surface area contributed by atoms with Crippen molar-refractivity contribution in [3.05, 3.63) is 35.9 Å². The average molecular weight is 262 g/mol. The van der Waals surface area contributed by atoms with E-state index >= 15 is 0 Å². The van der Waals surface area contributed by atoms with Crippen LogP contribution in [0.5, 0.6) is 0 Å². The van der Waals surface area contributed by atoms with Crippen molar-refractivity contribution in [3.63, 3.8) is 0 Å². The molecule has 1 unspecified atom stereocenters. The van der Waals surface area contributed by atoms with Gasteiger partial charge in [-0.25, -0.2) is 4.98 Å². The number of nitrogens with zero attached hydrogens (tertiary/aromatic N) is 1. The van der Waals surface area contributed by atoms with Gasteiger partial charge in [0.05, 0.1) is 5.52 Å². The van der Waals surface area contributed by atoms with Crippen LogP contribution in [0.3, 0.4) is 0 Å². The molecule has 1 aromatic heterocycles. The minimum Gasteiger partial charge on any atom is -0.396 e. The lowest BCUT2D eigenvalue weighted by molar-refractivity contribution is 0.289. The van der Waals surface area contributed by atoms with E-state index in [1.165, 1.54) is 0 Å². The summed E-state index contributed by atoms with van der Waals surface area (Å²) in [6, 6.07) is 10.2. The highest BCUT2D eigenvalue weighted by atomic mass is 32.2. The number of para-hydroxylation sites is 1. The zero-order chi connectivity index (χ0) is 13.0. The quantitative estimate of drug-likeness (QED) is 0.813. The summed E-state index contributed by atoms with van der Waals surface area (Å²) in [5, 5.41) is 11.4. The van der Waals surface area contributed by atoms with Crippen molar-refractivity contribution in [2.24, 2.45) is 5.73 Å². The summed E-state index contributed by atoms with van der Waals surface area (Å²) in [6.07, 6.45) is 0.767. The molecule has 0 bridgehead atoms. The predicted octanol–water partition coefficient (Wildman–Crippen LogP) is 2.56. The van der Waals surface area contributed by atoms with Crippen LogP contribution in [-0.2, 0) is 6.54 Å². The second-order valence-corrected chi connectivity index (χ2v) is 5.72. The Morgan fingerprint density at radius 1 is 1.39 bits per heavy atom. The van der Waals surface area contributed by atoms with Gasteiger partial charge in [-0.3, -0.25) is 0 Å². The molecule has 0 fully saturated rings. The molecule has 96 valence electrons. The van der Waals surface area contributed by atoms with Crippen LogP contribution in [0.4, 0.5) is 0 Å². The molecule has 2 aromatic rings. The van der Waals surface area contributed by atoms with Gasteiger partial charge in [0.15, 0.2) is 0 Å². The Balaban J connectivity index is 2.35. The molecule has 0 spiro atoms. The zero-order valence-corrected chi connectivity index (χ0v) is 11.3. The van der Waals surface area contributed by atoms with E-state index in [0.29, 0.717) is 11.8 Å². The van der Waals surface area contributed by atoms with Crippen molar-refractivity contribution >= 4 is 22.7 Å². The van der Waals surface area contributed by atoms with Gasteiger partial charge in [-0.15, -0.1) is 11.8 Å². The average Bonchev–Trinajstić information content (AvgIpc) is 2.38. The smallest absolute Gasteiger partial charge is 0.101 e. The Morgan fingerprint density at radius 3 is 2.89 bits per heavy atom. The van der Waals surface area contributed by atoms with E-state index in [0.717, 1.165) is 27.9 Å². The van der Waals surface area contributed by atoms with Gasteiger partial charge < -0.3 is 10.8 Å². The Bertz CT molecular complexity index is 530. The first-order valence-electron chi connectivity index (χ1n) is 6.11. The number of aliphatic hydroxyl groups is 1. The minimum absolute atomic E-state index is 0.208. The molecule has 0 radical (unpaired) electrons. The van der Waals surface area contributed by atoms with Crippen molar-refractivity contribution in [2.75, 3.05) is 6.61 Å². The SMILES string of the molecule is CC(CCO)Sc1nc2ccccc2cc1CN. The van der Waals surface area contributed by atoms with Crippen LogP contribution in [0, 0.1) is 0 Å². The standard InChI is InChI=1S/C14H18N2OS/c1-10(6-7-17)18-14-12(9-15)8-11-4-2-3-5-13(11)16-14/h2-5,8,10,17H,6-7,9,15H2,1H3. The van der Waals surface area contributed by atoms with Crippen LogP contribution in [-0.4, -0.2) is 21.9 Å². The number of thioether (sulfide) groups is 1. The molecular formula is C14H18N2OS. The van der Waals surface area contributed by atoms with Gasteiger partial charge >= 0.3 is 0 Å². The molecule has 1 heterocycles. The first-order valence-corrected chi connectivity index (χ1v) is 6.99. The van der Waals surface area contributed by atoms with Crippen molar-refractivity contribution in [1.29, 1.82) is 0 Å². The summed E-state index contributed by atoms with van der Waals surface area (Å²) in [6.45, 7) is 2.80. The number of pyridine rings is 1. The second kappa shape index (κ2) is 6.18. The van der Waals surface area contributed by atoms with Gasteiger partial charge in [-0.2, -0.15) is 0 Å². The molecule has 0 aliphatic carbocycles. The molecule has 2 rings (SSSR count). The molecule has 0 amide bonds. The highest BCUT2D eigenvalue weighted by Gasteiger charge is 2.10. The third-order valence-corrected chi connectivity index (χ3v) is 4.05. The number of aromatic nitrogens is 1. The summed E-state index contributed by atoms with van der Waals surface area (Å²) >= 11 is 1.68. The van der Waals surface area contributed by atoms with Gasteiger partial charge in [-0.05, 0) is 24.1 Å². The first kappa shape index (κ1) is 13.3. The maximum absolute atomic E-state index is 8.95. The van der Waals surface area contributed by atoms with E-state index in [4.69, 9.17) is 10.8 Å². The topological polar surface area (TPSA) is 59.1 Å². The molecule has 1 atom stereocenters. The fourth-order valence-electron chi connectivity index (χ4n) is 1.82. The van der Waals surface area contributed by atoms with E-state index in [2.05, 4.69) is 18.0 Å². The largest absolute Gasteiger partial charge is 0.396 e. The molecule has 3 N–H and O–H groups in total. The van der Waals surface area contributed by atoms with E-state index in [1.54, 1.807) is 11.8 Å². The molecule has 0 aliphatic rings. The number of benzene rings is 1. The lowest BCUT2D eigenvalue weighted by Gasteiger charge is -2.13. The molecule has 1 aromatic carbocycles. The molecule has 0 aliphatic heterocycles. The number of hydrogen-bond acceptors (Lipinski definition) is 4. The molecule has 3 nitrogen and oxygen atoms in total. The van der Waals surface area contributed by atoms with Gasteiger partial charge in [0.2, 0.25) is 0 Å². The summed E-state index contributed by atoms with van der Waals surface area (Å²) in [4.78, 5) is 4.67. The summed E-state index contributed by atoms with van der Waals surface area (Å²) in [5.41, 5.74) is 7.86. The van der Waals surface area contributed by atoms with Crippen LogP contribution in [0.2, 0.25) is 0 Å². The molecule has 4 heteroatoms. The van der Waals surface area contributed by atoms with Gasteiger partial charge in [0, 0.05) is 23.8 Å². The summed E-state index contributed by atoms with van der Waals surface area (Å²) in [5.74, 6) is 0. The van der Waals surface area contributed by atoms with Crippen LogP contribution >= 0.6 is 11.8 Å². The maximum atomic E-state index is 8.95. The van der Waals surface area contributed by atoms with Crippen LogP contribution in [0.25, 0.3) is 10.9 Å². The van der Waals surface area contributed by atoms with Crippen LogP contribution in [0.15, 0.2) is 35.4 Å². The Labute approximate surface area is 111 Å². The van der Waals surface area contributed by atoms with Crippen molar-refractivity contribution in [3.8, 4) is 0 Å². The fraction of sp³-hybridized carbons (Fsp3) is 0.357. The molecule has 0 saturated carbocycles. The number of hydrogen-bond donors (Lipinski definition) is 2. The highest BCUT2D eigenvalue weighted by molar-refractivity contribution is 7.99. The Morgan fingerprint density at radius 2 is 2.17 bits per heavy atom. The third kappa shape index (κ3) is 3.02. The number of fused-ring (bicyclic) bond motifs is 1. The second-order valence-electron chi connectivity index (χ2n) is 4.29.